The molecule has 6 nitrogen and oxygen atoms in total. The molecule has 0 N–H and O–H groups in total. The van der Waals surface area contributed by atoms with Gasteiger partial charge in [0, 0.05) is 56.6 Å². The molecule has 1 aromatic carbocycles. The summed E-state index contributed by atoms with van der Waals surface area (Å²) >= 11 is 1.40. The molecule has 0 spiro atoms. The van der Waals surface area contributed by atoms with E-state index in [0.29, 0.717) is 18.5 Å². The van der Waals surface area contributed by atoms with Crippen LogP contribution in [0.2, 0.25) is 0 Å². The van der Waals surface area contributed by atoms with Crippen molar-refractivity contribution in [2.75, 3.05) is 45.8 Å². The fourth-order valence-electron chi connectivity index (χ4n) is 4.45. The predicted octanol–water partition coefficient (Wildman–Crippen LogP) is 2.93. The van der Waals surface area contributed by atoms with Crippen LogP contribution in [0.1, 0.15) is 48.5 Å². The van der Waals surface area contributed by atoms with Gasteiger partial charge in [-0.1, -0.05) is 34.3 Å². The number of amides is 1. The van der Waals surface area contributed by atoms with E-state index in [1.54, 1.807) is 0 Å². The molecule has 7 heteroatoms. The maximum absolute atomic E-state index is 12.9. The highest BCUT2D eigenvalue weighted by atomic mass is 32.1. The molecule has 0 aliphatic carbocycles. The van der Waals surface area contributed by atoms with E-state index in [9.17, 15) is 4.79 Å². The van der Waals surface area contributed by atoms with E-state index in [-0.39, 0.29) is 5.91 Å². The predicted molar refractivity (Wildman–Crippen MR) is 116 cm³/mol. The van der Waals surface area contributed by atoms with Crippen LogP contribution in [0.3, 0.4) is 0 Å². The van der Waals surface area contributed by atoms with Crippen LogP contribution >= 0.6 is 11.5 Å². The standard InChI is InChI=1S/C22H31N5OS/c1-17-5-7-19(8-6-17)18(2)26-12-10-25(11-13-26)15-22(28)27-9-3-4-20(14-27)21-16-29-24-23-21/h5-8,16,18,20H,3-4,9-15H2,1-2H3. The van der Waals surface area contributed by atoms with Gasteiger partial charge in [-0.15, -0.1) is 5.10 Å². The number of aryl methyl sites for hydroxylation is 1. The first-order valence-corrected chi connectivity index (χ1v) is 11.5. The molecule has 2 aliphatic heterocycles. The van der Waals surface area contributed by atoms with Gasteiger partial charge < -0.3 is 4.90 Å². The molecular weight excluding hydrogens is 382 g/mol. The summed E-state index contributed by atoms with van der Waals surface area (Å²) in [4.78, 5) is 19.8. The zero-order chi connectivity index (χ0) is 20.2. The topological polar surface area (TPSA) is 52.6 Å². The molecule has 2 fully saturated rings. The Morgan fingerprint density at radius 1 is 1.17 bits per heavy atom. The van der Waals surface area contributed by atoms with Crippen LogP contribution in [-0.4, -0.2) is 76.0 Å². The highest BCUT2D eigenvalue weighted by Crippen LogP contribution is 2.26. The third-order valence-corrected chi connectivity index (χ3v) is 6.97. The third-order valence-electron chi connectivity index (χ3n) is 6.44. The molecule has 0 bridgehead atoms. The Morgan fingerprint density at radius 2 is 1.93 bits per heavy atom. The van der Waals surface area contributed by atoms with Gasteiger partial charge >= 0.3 is 0 Å². The molecule has 0 radical (unpaired) electrons. The van der Waals surface area contributed by atoms with Gasteiger partial charge in [0.05, 0.1) is 12.2 Å². The van der Waals surface area contributed by atoms with Crippen molar-refractivity contribution in [1.29, 1.82) is 0 Å². The summed E-state index contributed by atoms with van der Waals surface area (Å²) in [6.45, 7) is 10.5. The molecule has 2 unspecified atom stereocenters. The molecule has 2 aromatic rings. The average molecular weight is 414 g/mol. The SMILES string of the molecule is Cc1ccc(C(C)N2CCN(CC(=O)N3CCCC(c4csnn4)C3)CC2)cc1. The first-order valence-electron chi connectivity index (χ1n) is 10.7. The second-order valence-corrected chi connectivity index (χ2v) is 9.02. The normalized spacial score (nSPS) is 22.6. The van der Waals surface area contributed by atoms with Crippen molar-refractivity contribution < 1.29 is 4.79 Å². The highest BCUT2D eigenvalue weighted by molar-refractivity contribution is 7.03. The maximum Gasteiger partial charge on any atom is 0.236 e. The van der Waals surface area contributed by atoms with E-state index in [1.165, 1.54) is 22.7 Å². The van der Waals surface area contributed by atoms with E-state index in [1.807, 2.05) is 10.3 Å². The van der Waals surface area contributed by atoms with E-state index < -0.39 is 0 Å². The van der Waals surface area contributed by atoms with Crippen LogP contribution in [0, 0.1) is 6.92 Å². The van der Waals surface area contributed by atoms with Crippen molar-refractivity contribution in [3.05, 3.63) is 46.5 Å². The summed E-state index contributed by atoms with van der Waals surface area (Å²) in [6, 6.07) is 9.27. The van der Waals surface area contributed by atoms with E-state index in [0.717, 1.165) is 57.8 Å². The van der Waals surface area contributed by atoms with Crippen molar-refractivity contribution >= 4 is 17.4 Å². The summed E-state index contributed by atoms with van der Waals surface area (Å²) in [5, 5.41) is 6.24. The smallest absolute Gasteiger partial charge is 0.236 e. The first kappa shape index (κ1) is 20.4. The Labute approximate surface area is 177 Å². The number of hydrogen-bond acceptors (Lipinski definition) is 6. The van der Waals surface area contributed by atoms with Crippen LogP contribution in [-0.2, 0) is 4.79 Å². The Hall–Kier alpha value is -1.83. The monoisotopic (exact) mass is 413 g/mol. The lowest BCUT2D eigenvalue weighted by molar-refractivity contribution is -0.134. The summed E-state index contributed by atoms with van der Waals surface area (Å²) < 4.78 is 3.98. The number of rotatable bonds is 5. The van der Waals surface area contributed by atoms with Gasteiger partial charge in [0.25, 0.3) is 0 Å². The maximum atomic E-state index is 12.9. The largest absolute Gasteiger partial charge is 0.341 e. The zero-order valence-electron chi connectivity index (χ0n) is 17.5. The van der Waals surface area contributed by atoms with Crippen molar-refractivity contribution in [3.8, 4) is 0 Å². The molecule has 1 amide bonds. The van der Waals surface area contributed by atoms with Crippen molar-refractivity contribution in [1.82, 2.24) is 24.3 Å². The van der Waals surface area contributed by atoms with Gasteiger partial charge in [-0.3, -0.25) is 14.6 Å². The molecule has 29 heavy (non-hydrogen) atoms. The summed E-state index contributed by atoms with van der Waals surface area (Å²) in [7, 11) is 0. The summed E-state index contributed by atoms with van der Waals surface area (Å²) in [5.41, 5.74) is 3.72. The van der Waals surface area contributed by atoms with Crippen LogP contribution < -0.4 is 0 Å². The Bertz CT molecular complexity index is 786. The third kappa shape index (κ3) is 5.02. The Kier molecular flexibility index (Phi) is 6.57. The van der Waals surface area contributed by atoms with E-state index in [4.69, 9.17) is 0 Å². The lowest BCUT2D eigenvalue weighted by atomic mass is 9.95. The molecule has 3 heterocycles. The van der Waals surface area contributed by atoms with Gasteiger partial charge in [-0.2, -0.15) is 0 Å². The molecule has 1 aromatic heterocycles. The number of nitrogens with zero attached hydrogens (tertiary/aromatic N) is 5. The fourth-order valence-corrected chi connectivity index (χ4v) is 4.99. The van der Waals surface area contributed by atoms with Gasteiger partial charge in [0.1, 0.15) is 0 Å². The second kappa shape index (κ2) is 9.32. The number of carbonyl (C=O) groups is 1. The lowest BCUT2D eigenvalue weighted by Gasteiger charge is -2.39. The quantitative estimate of drug-likeness (QED) is 0.754. The second-order valence-electron chi connectivity index (χ2n) is 8.41. The molecule has 2 atom stereocenters. The van der Waals surface area contributed by atoms with Gasteiger partial charge in [0.2, 0.25) is 5.91 Å². The Morgan fingerprint density at radius 3 is 2.62 bits per heavy atom. The zero-order valence-corrected chi connectivity index (χ0v) is 18.3. The summed E-state index contributed by atoms with van der Waals surface area (Å²) in [5.74, 6) is 0.608. The fraction of sp³-hybridized carbons (Fsp3) is 0.591. The van der Waals surface area contributed by atoms with E-state index >= 15 is 0 Å². The average Bonchev–Trinajstić information content (AvgIpc) is 3.29. The van der Waals surface area contributed by atoms with Crippen molar-refractivity contribution in [2.24, 2.45) is 0 Å². The minimum atomic E-state index is 0.262. The molecular formula is C22H31N5OS. The molecule has 4 rings (SSSR count). The molecule has 2 saturated heterocycles. The lowest BCUT2D eigenvalue weighted by Crippen LogP contribution is -2.51. The van der Waals surface area contributed by atoms with Crippen LogP contribution in [0.4, 0.5) is 0 Å². The number of piperazine rings is 1. The number of carbonyl (C=O) groups excluding carboxylic acids is 1. The summed E-state index contributed by atoms with van der Waals surface area (Å²) in [6.07, 6.45) is 2.15. The number of piperidine rings is 1. The number of hydrogen-bond donors (Lipinski definition) is 0. The highest BCUT2D eigenvalue weighted by Gasteiger charge is 2.28. The van der Waals surface area contributed by atoms with Crippen LogP contribution in [0.5, 0.6) is 0 Å². The van der Waals surface area contributed by atoms with Crippen LogP contribution in [0.15, 0.2) is 29.6 Å². The number of aromatic nitrogens is 2. The molecule has 2 aliphatic rings. The minimum absolute atomic E-state index is 0.262. The van der Waals surface area contributed by atoms with Crippen LogP contribution in [0.25, 0.3) is 0 Å². The van der Waals surface area contributed by atoms with Crippen molar-refractivity contribution in [2.45, 2.75) is 38.6 Å². The molecule has 0 saturated carbocycles. The first-order chi connectivity index (χ1) is 14.1. The van der Waals surface area contributed by atoms with Gasteiger partial charge in [-0.05, 0) is 43.8 Å². The van der Waals surface area contributed by atoms with Crippen molar-refractivity contribution in [3.63, 3.8) is 0 Å². The Balaban J connectivity index is 1.26. The van der Waals surface area contributed by atoms with E-state index in [2.05, 4.69) is 57.5 Å². The van der Waals surface area contributed by atoms with Gasteiger partial charge in [0.15, 0.2) is 0 Å². The number of likely N-dealkylation sites (tertiary alicyclic amines) is 1. The number of benzene rings is 1. The van der Waals surface area contributed by atoms with Gasteiger partial charge in [-0.25, -0.2) is 0 Å². The minimum Gasteiger partial charge on any atom is -0.341 e. The molecule has 156 valence electrons.